The zero-order valence-electron chi connectivity index (χ0n) is 24.4. The lowest BCUT2D eigenvalue weighted by atomic mass is 9.93. The highest BCUT2D eigenvalue weighted by Crippen LogP contribution is 2.49. The quantitative estimate of drug-likeness (QED) is 0.207. The molecule has 0 bridgehead atoms. The van der Waals surface area contributed by atoms with Gasteiger partial charge in [-0.3, -0.25) is 4.98 Å². The van der Waals surface area contributed by atoms with E-state index < -0.39 is 0 Å². The van der Waals surface area contributed by atoms with Crippen molar-refractivity contribution in [2.24, 2.45) is 0 Å². The third-order valence-electron chi connectivity index (χ3n) is 9.64. The molecular weight excluding hydrogens is 544 g/mol. The molecule has 0 fully saturated rings. The number of aromatic nitrogens is 2. The van der Waals surface area contributed by atoms with Gasteiger partial charge in [0, 0.05) is 34.2 Å². The normalized spacial score (nSPS) is 12.0. The molecule has 45 heavy (non-hydrogen) atoms. The van der Waals surface area contributed by atoms with Gasteiger partial charge < -0.3 is 4.57 Å². The average Bonchev–Trinajstić information content (AvgIpc) is 3.63. The molecule has 0 spiro atoms. The van der Waals surface area contributed by atoms with Gasteiger partial charge in [0.2, 0.25) is 0 Å². The highest BCUT2D eigenvalue weighted by molar-refractivity contribution is 6.20. The Morgan fingerprint density at radius 2 is 1.13 bits per heavy atom. The summed E-state index contributed by atoms with van der Waals surface area (Å²) < 4.78 is 2.38. The van der Waals surface area contributed by atoms with Gasteiger partial charge in [0.05, 0.1) is 11.0 Å². The molecular formula is C43H26N2. The maximum Gasteiger partial charge on any atom is 0.0634 e. The van der Waals surface area contributed by atoms with E-state index in [0.717, 1.165) is 11.1 Å². The Bertz CT molecular complexity index is 2600. The number of rotatable bonds is 3. The fourth-order valence-corrected chi connectivity index (χ4v) is 7.60. The molecule has 208 valence electrons. The number of nitrogens with zero attached hydrogens (tertiary/aromatic N) is 2. The number of benzene rings is 7. The highest BCUT2D eigenvalue weighted by atomic mass is 15.0. The number of pyridine rings is 1. The number of hydrogen-bond donors (Lipinski definition) is 0. The summed E-state index contributed by atoms with van der Waals surface area (Å²) in [6.07, 6.45) is 3.86. The van der Waals surface area contributed by atoms with Crippen LogP contribution in [0.25, 0.3) is 93.5 Å². The summed E-state index contributed by atoms with van der Waals surface area (Å²) in [4.78, 5) is 4.50. The first-order valence-corrected chi connectivity index (χ1v) is 15.5. The molecule has 0 atom stereocenters. The van der Waals surface area contributed by atoms with Crippen molar-refractivity contribution in [3.05, 3.63) is 158 Å². The van der Waals surface area contributed by atoms with Crippen molar-refractivity contribution in [3.63, 3.8) is 0 Å². The van der Waals surface area contributed by atoms with Gasteiger partial charge in [0.25, 0.3) is 0 Å². The minimum Gasteiger partial charge on any atom is -0.309 e. The van der Waals surface area contributed by atoms with Gasteiger partial charge in [-0.2, -0.15) is 0 Å². The predicted octanol–water partition coefficient (Wildman–Crippen LogP) is 11.5. The average molecular weight is 571 g/mol. The summed E-state index contributed by atoms with van der Waals surface area (Å²) in [5, 5.41) is 7.51. The van der Waals surface area contributed by atoms with E-state index in [2.05, 4.69) is 155 Å². The zero-order chi connectivity index (χ0) is 29.5. The standard InChI is InChI=1S/C43H26N2/c1-2-7-31(8-3-1)45-41-22-18-30(25-39(41)38-19-17-29-23-24-44-26-40(29)43(38)45)27-13-15-28(16-14-27)32-20-21-37-34-10-5-4-9-33(34)36-12-6-11-35(32)42(36)37/h1-26H. The Morgan fingerprint density at radius 1 is 0.422 bits per heavy atom. The van der Waals surface area contributed by atoms with E-state index in [9.17, 15) is 0 Å². The van der Waals surface area contributed by atoms with Crippen molar-refractivity contribution in [2.45, 2.75) is 0 Å². The van der Waals surface area contributed by atoms with Crippen molar-refractivity contribution in [1.29, 1.82) is 0 Å². The predicted molar refractivity (Wildman–Crippen MR) is 189 cm³/mol. The molecule has 0 radical (unpaired) electrons. The minimum absolute atomic E-state index is 1.15. The summed E-state index contributed by atoms with van der Waals surface area (Å²) in [5.74, 6) is 0. The van der Waals surface area contributed by atoms with Crippen LogP contribution in [0.4, 0.5) is 0 Å². The molecule has 10 rings (SSSR count). The highest BCUT2D eigenvalue weighted by Gasteiger charge is 2.22. The lowest BCUT2D eigenvalue weighted by molar-refractivity contribution is 1.18. The largest absolute Gasteiger partial charge is 0.309 e. The summed E-state index contributed by atoms with van der Waals surface area (Å²) in [5.41, 5.74) is 13.8. The Kier molecular flexibility index (Phi) is 5.03. The van der Waals surface area contributed by atoms with Crippen molar-refractivity contribution >= 4 is 43.4 Å². The lowest BCUT2D eigenvalue weighted by Gasteiger charge is -2.11. The number of fused-ring (bicyclic) bond motifs is 8. The molecule has 2 heteroatoms. The molecule has 1 aliphatic rings. The van der Waals surface area contributed by atoms with Gasteiger partial charge >= 0.3 is 0 Å². The van der Waals surface area contributed by atoms with E-state index in [1.165, 1.54) is 82.5 Å². The van der Waals surface area contributed by atoms with Crippen molar-refractivity contribution in [3.8, 4) is 50.2 Å². The lowest BCUT2D eigenvalue weighted by Crippen LogP contribution is -1.94. The Balaban J connectivity index is 1.12. The minimum atomic E-state index is 1.15. The Morgan fingerprint density at radius 3 is 1.98 bits per heavy atom. The van der Waals surface area contributed by atoms with Crippen LogP contribution >= 0.6 is 0 Å². The van der Waals surface area contributed by atoms with Gasteiger partial charge in [-0.1, -0.05) is 115 Å². The second kappa shape index (κ2) is 9.25. The summed E-state index contributed by atoms with van der Waals surface area (Å²) in [6, 6.07) is 53.3. The van der Waals surface area contributed by atoms with E-state index in [1.54, 1.807) is 0 Å². The van der Waals surface area contributed by atoms with E-state index in [1.807, 2.05) is 12.4 Å². The van der Waals surface area contributed by atoms with E-state index >= 15 is 0 Å². The zero-order valence-corrected chi connectivity index (χ0v) is 24.4. The smallest absolute Gasteiger partial charge is 0.0634 e. The number of para-hydroxylation sites is 1. The summed E-state index contributed by atoms with van der Waals surface area (Å²) in [6.45, 7) is 0. The van der Waals surface area contributed by atoms with Crippen molar-refractivity contribution < 1.29 is 0 Å². The van der Waals surface area contributed by atoms with Crippen LogP contribution in [0, 0.1) is 0 Å². The second-order valence-corrected chi connectivity index (χ2v) is 12.0. The molecule has 0 amide bonds. The van der Waals surface area contributed by atoms with Gasteiger partial charge in [0.15, 0.2) is 0 Å². The maximum atomic E-state index is 4.50. The van der Waals surface area contributed by atoms with E-state index in [0.29, 0.717) is 0 Å². The molecule has 0 aliphatic heterocycles. The SMILES string of the molecule is c1ccc(-n2c3ccc(-c4ccc(-c5ccc6c7c(cccc57)-c5ccccc5-6)cc4)cc3c3ccc4ccncc4c32)cc1. The molecule has 1 aliphatic carbocycles. The summed E-state index contributed by atoms with van der Waals surface area (Å²) in [7, 11) is 0. The van der Waals surface area contributed by atoms with E-state index in [4.69, 9.17) is 0 Å². The molecule has 0 saturated carbocycles. The van der Waals surface area contributed by atoms with E-state index in [-0.39, 0.29) is 0 Å². The fourth-order valence-electron chi connectivity index (χ4n) is 7.60. The third kappa shape index (κ3) is 3.48. The van der Waals surface area contributed by atoms with Gasteiger partial charge in [-0.05, 0) is 91.0 Å². The Hall–Kier alpha value is -5.99. The summed E-state index contributed by atoms with van der Waals surface area (Å²) >= 11 is 0. The molecule has 0 N–H and O–H groups in total. The topological polar surface area (TPSA) is 17.8 Å². The first kappa shape index (κ1) is 24.5. The van der Waals surface area contributed by atoms with Crippen LogP contribution in [0.3, 0.4) is 0 Å². The molecule has 9 aromatic rings. The molecule has 0 unspecified atom stereocenters. The van der Waals surface area contributed by atoms with Gasteiger partial charge in [0.1, 0.15) is 0 Å². The first-order valence-electron chi connectivity index (χ1n) is 15.5. The molecule has 7 aromatic carbocycles. The van der Waals surface area contributed by atoms with Crippen LogP contribution in [0.1, 0.15) is 0 Å². The van der Waals surface area contributed by atoms with Crippen LogP contribution in [0.15, 0.2) is 158 Å². The number of hydrogen-bond acceptors (Lipinski definition) is 1. The molecule has 2 nitrogen and oxygen atoms in total. The van der Waals surface area contributed by atoms with Crippen molar-refractivity contribution in [1.82, 2.24) is 9.55 Å². The second-order valence-electron chi connectivity index (χ2n) is 12.0. The van der Waals surface area contributed by atoms with Gasteiger partial charge in [-0.15, -0.1) is 0 Å². The van der Waals surface area contributed by atoms with Crippen LogP contribution in [-0.2, 0) is 0 Å². The van der Waals surface area contributed by atoms with Crippen LogP contribution < -0.4 is 0 Å². The maximum absolute atomic E-state index is 4.50. The van der Waals surface area contributed by atoms with Crippen LogP contribution in [-0.4, -0.2) is 9.55 Å². The molecule has 2 heterocycles. The van der Waals surface area contributed by atoms with Crippen molar-refractivity contribution in [2.75, 3.05) is 0 Å². The Labute approximate surface area is 260 Å². The van der Waals surface area contributed by atoms with Gasteiger partial charge in [-0.25, -0.2) is 0 Å². The first-order chi connectivity index (χ1) is 22.3. The fraction of sp³-hybridized carbons (Fsp3) is 0. The molecule has 2 aromatic heterocycles. The third-order valence-corrected chi connectivity index (χ3v) is 9.64. The van der Waals surface area contributed by atoms with Crippen LogP contribution in [0.5, 0.6) is 0 Å². The molecule has 0 saturated heterocycles. The monoisotopic (exact) mass is 570 g/mol. The van der Waals surface area contributed by atoms with Crippen LogP contribution in [0.2, 0.25) is 0 Å².